The lowest BCUT2D eigenvalue weighted by Gasteiger charge is -2.28. The Labute approximate surface area is 192 Å². The Morgan fingerprint density at radius 1 is 1.25 bits per heavy atom. The molecule has 3 aromatic rings. The summed E-state index contributed by atoms with van der Waals surface area (Å²) >= 11 is 6.13. The highest BCUT2D eigenvalue weighted by molar-refractivity contribution is 7.89. The fourth-order valence-electron chi connectivity index (χ4n) is 4.07. The summed E-state index contributed by atoms with van der Waals surface area (Å²) in [4.78, 5) is 14.8. The van der Waals surface area contributed by atoms with Gasteiger partial charge in [0.1, 0.15) is 0 Å². The van der Waals surface area contributed by atoms with Crippen LogP contribution in [0.15, 0.2) is 47.5 Å². The van der Waals surface area contributed by atoms with Gasteiger partial charge in [0, 0.05) is 28.8 Å². The van der Waals surface area contributed by atoms with E-state index >= 15 is 0 Å². The molecular formula is C22H26ClN5O3S. The number of sulfonamides is 1. The molecule has 170 valence electrons. The molecule has 2 heterocycles. The average molecular weight is 476 g/mol. The van der Waals surface area contributed by atoms with E-state index in [4.69, 9.17) is 16.7 Å². The molecule has 1 aliphatic rings. The van der Waals surface area contributed by atoms with Gasteiger partial charge in [-0.1, -0.05) is 29.8 Å². The zero-order valence-electron chi connectivity index (χ0n) is 17.8. The van der Waals surface area contributed by atoms with Gasteiger partial charge in [-0.2, -0.15) is 5.10 Å². The zero-order chi connectivity index (χ0) is 22.9. The number of nitrogens with two attached hydrogens (primary N) is 1. The van der Waals surface area contributed by atoms with Crippen LogP contribution in [0.5, 0.6) is 0 Å². The monoisotopic (exact) mass is 475 g/mol. The fraction of sp³-hybridized carbons (Fsp3) is 0.364. The SMILES string of the molecule is CN1CCC(Cn2cc3c(S(N)(=O)=O)cc(NC(=O)Cc4ccccc4Cl)cc3n2)CC1. The van der Waals surface area contributed by atoms with E-state index in [0.29, 0.717) is 39.6 Å². The minimum atomic E-state index is -4.01. The summed E-state index contributed by atoms with van der Waals surface area (Å²) in [5.41, 5.74) is 1.47. The first-order valence-corrected chi connectivity index (χ1v) is 12.4. The van der Waals surface area contributed by atoms with Gasteiger partial charge < -0.3 is 10.2 Å². The Hall–Kier alpha value is -2.46. The number of piperidine rings is 1. The highest BCUT2D eigenvalue weighted by Crippen LogP contribution is 2.28. The van der Waals surface area contributed by atoms with Crippen molar-refractivity contribution < 1.29 is 13.2 Å². The van der Waals surface area contributed by atoms with Crippen molar-refractivity contribution in [2.24, 2.45) is 11.1 Å². The molecule has 2 aromatic carbocycles. The number of fused-ring (bicyclic) bond motifs is 1. The van der Waals surface area contributed by atoms with Crippen LogP contribution in [-0.4, -0.2) is 49.1 Å². The van der Waals surface area contributed by atoms with E-state index in [1.807, 2.05) is 0 Å². The molecule has 10 heteroatoms. The van der Waals surface area contributed by atoms with Crippen LogP contribution >= 0.6 is 11.6 Å². The number of carbonyl (C=O) groups is 1. The van der Waals surface area contributed by atoms with Gasteiger partial charge in [-0.05, 0) is 62.7 Å². The molecule has 0 bridgehead atoms. The smallest absolute Gasteiger partial charge is 0.238 e. The molecule has 3 N–H and O–H groups in total. The number of carbonyl (C=O) groups excluding carboxylic acids is 1. The lowest BCUT2D eigenvalue weighted by atomic mass is 9.97. The van der Waals surface area contributed by atoms with Crippen LogP contribution in [0.4, 0.5) is 5.69 Å². The molecule has 0 unspecified atom stereocenters. The lowest BCUT2D eigenvalue weighted by molar-refractivity contribution is -0.115. The zero-order valence-corrected chi connectivity index (χ0v) is 19.4. The second-order valence-electron chi connectivity index (χ2n) is 8.37. The number of nitrogens with one attached hydrogen (secondary N) is 1. The third-order valence-electron chi connectivity index (χ3n) is 5.82. The van der Waals surface area contributed by atoms with Crippen LogP contribution in [0.2, 0.25) is 5.02 Å². The molecule has 0 spiro atoms. The number of nitrogens with zero attached hydrogens (tertiary/aromatic N) is 3. The number of amides is 1. The van der Waals surface area contributed by atoms with Crippen LogP contribution in [0, 0.1) is 5.92 Å². The van der Waals surface area contributed by atoms with Crippen molar-refractivity contribution in [3.05, 3.63) is 53.2 Å². The predicted molar refractivity (Wildman–Crippen MR) is 125 cm³/mol. The van der Waals surface area contributed by atoms with E-state index in [0.717, 1.165) is 25.9 Å². The Balaban J connectivity index is 1.59. The minimum Gasteiger partial charge on any atom is -0.326 e. The summed E-state index contributed by atoms with van der Waals surface area (Å²) in [6, 6.07) is 10.1. The molecule has 8 nitrogen and oxygen atoms in total. The summed E-state index contributed by atoms with van der Waals surface area (Å²) in [6.45, 7) is 2.78. The Bertz CT molecular complexity index is 1250. The van der Waals surface area contributed by atoms with Crippen molar-refractivity contribution in [3.8, 4) is 0 Å². The summed E-state index contributed by atoms with van der Waals surface area (Å²) in [6.07, 6.45) is 3.92. The normalized spacial score (nSPS) is 15.8. The minimum absolute atomic E-state index is 0.0577. The Morgan fingerprint density at radius 2 is 1.97 bits per heavy atom. The topological polar surface area (TPSA) is 110 Å². The van der Waals surface area contributed by atoms with E-state index < -0.39 is 10.0 Å². The number of hydrogen-bond acceptors (Lipinski definition) is 5. The van der Waals surface area contributed by atoms with Crippen molar-refractivity contribution in [1.29, 1.82) is 0 Å². The van der Waals surface area contributed by atoms with Gasteiger partial charge in [0.25, 0.3) is 0 Å². The van der Waals surface area contributed by atoms with Gasteiger partial charge in [0.05, 0.1) is 16.8 Å². The quantitative estimate of drug-likeness (QED) is 0.569. The average Bonchev–Trinajstić information content (AvgIpc) is 3.12. The number of rotatable bonds is 6. The van der Waals surface area contributed by atoms with Crippen molar-refractivity contribution >= 4 is 44.1 Å². The van der Waals surface area contributed by atoms with E-state index in [1.165, 1.54) is 6.07 Å². The molecule has 4 rings (SSSR count). The first kappa shape index (κ1) is 22.7. The van der Waals surface area contributed by atoms with Crippen molar-refractivity contribution in [2.45, 2.75) is 30.7 Å². The van der Waals surface area contributed by atoms with Crippen LogP contribution in [0.1, 0.15) is 18.4 Å². The molecule has 1 fully saturated rings. The number of aromatic nitrogens is 2. The lowest BCUT2D eigenvalue weighted by Crippen LogP contribution is -2.31. The third kappa shape index (κ3) is 5.29. The van der Waals surface area contributed by atoms with E-state index in [1.54, 1.807) is 41.2 Å². The molecule has 0 radical (unpaired) electrons. The highest BCUT2D eigenvalue weighted by atomic mass is 35.5. The molecule has 32 heavy (non-hydrogen) atoms. The van der Waals surface area contributed by atoms with Gasteiger partial charge >= 0.3 is 0 Å². The molecule has 1 amide bonds. The van der Waals surface area contributed by atoms with Crippen LogP contribution < -0.4 is 10.5 Å². The first-order valence-electron chi connectivity index (χ1n) is 10.4. The van der Waals surface area contributed by atoms with Gasteiger partial charge in [0.15, 0.2) is 0 Å². The van der Waals surface area contributed by atoms with Gasteiger partial charge in [-0.25, -0.2) is 13.6 Å². The van der Waals surface area contributed by atoms with Crippen LogP contribution in [0.25, 0.3) is 10.9 Å². The molecule has 0 saturated carbocycles. The standard InChI is InChI=1S/C22H26ClN5O3S/c1-27-8-6-15(7-9-27)13-28-14-18-20(26-28)11-17(12-21(18)32(24,30)31)25-22(29)10-16-4-2-3-5-19(16)23/h2-5,11-12,14-15H,6-10,13H2,1H3,(H,25,29)(H2,24,30,31). The molecule has 1 aromatic heterocycles. The molecule has 0 atom stereocenters. The van der Waals surface area contributed by atoms with Gasteiger partial charge in [-0.3, -0.25) is 9.48 Å². The maximum absolute atomic E-state index is 12.5. The highest BCUT2D eigenvalue weighted by Gasteiger charge is 2.21. The van der Waals surface area contributed by atoms with E-state index in [9.17, 15) is 13.2 Å². The maximum atomic E-state index is 12.5. The summed E-state index contributed by atoms with van der Waals surface area (Å²) in [5.74, 6) is 0.164. The van der Waals surface area contributed by atoms with Crippen LogP contribution in [0.3, 0.4) is 0 Å². The largest absolute Gasteiger partial charge is 0.326 e. The maximum Gasteiger partial charge on any atom is 0.238 e. The first-order chi connectivity index (χ1) is 15.2. The number of benzene rings is 2. The number of hydrogen-bond donors (Lipinski definition) is 2. The summed E-state index contributed by atoms with van der Waals surface area (Å²) in [7, 11) is -1.90. The number of anilines is 1. The van der Waals surface area contributed by atoms with Crippen molar-refractivity contribution in [1.82, 2.24) is 14.7 Å². The van der Waals surface area contributed by atoms with E-state index in [2.05, 4.69) is 22.4 Å². The van der Waals surface area contributed by atoms with Crippen LogP contribution in [-0.2, 0) is 27.8 Å². The number of likely N-dealkylation sites (tertiary alicyclic amines) is 1. The second kappa shape index (κ2) is 9.19. The predicted octanol–water partition coefficient (Wildman–Crippen LogP) is 2.86. The Morgan fingerprint density at radius 3 is 2.66 bits per heavy atom. The van der Waals surface area contributed by atoms with Crippen molar-refractivity contribution in [3.63, 3.8) is 0 Å². The molecular weight excluding hydrogens is 450 g/mol. The third-order valence-corrected chi connectivity index (χ3v) is 7.14. The molecule has 0 aliphatic carbocycles. The Kier molecular flexibility index (Phi) is 6.52. The van der Waals surface area contributed by atoms with Crippen molar-refractivity contribution in [2.75, 3.05) is 25.5 Å². The van der Waals surface area contributed by atoms with E-state index in [-0.39, 0.29) is 17.2 Å². The second-order valence-corrected chi connectivity index (χ2v) is 10.3. The summed E-state index contributed by atoms with van der Waals surface area (Å²) < 4.78 is 26.3. The molecule has 1 saturated heterocycles. The fourth-order valence-corrected chi connectivity index (χ4v) is 5.03. The van der Waals surface area contributed by atoms with Gasteiger partial charge in [-0.15, -0.1) is 0 Å². The summed E-state index contributed by atoms with van der Waals surface area (Å²) in [5, 5.41) is 13.7. The van der Waals surface area contributed by atoms with Gasteiger partial charge in [0.2, 0.25) is 15.9 Å². The number of halogens is 1. The molecule has 1 aliphatic heterocycles. The number of primary sulfonamides is 1.